The molecule has 0 aliphatic carbocycles. The molecule has 18 heavy (non-hydrogen) atoms. The Morgan fingerprint density at radius 3 is 2.33 bits per heavy atom. The molecule has 4 nitrogen and oxygen atoms in total. The summed E-state index contributed by atoms with van der Waals surface area (Å²) in [5, 5.41) is 9.34. The molecule has 0 saturated heterocycles. The Morgan fingerprint density at radius 1 is 1.22 bits per heavy atom. The molecule has 0 radical (unpaired) electrons. The average Bonchev–Trinajstić information content (AvgIpc) is 2.29. The van der Waals surface area contributed by atoms with Crippen LogP contribution in [0.1, 0.15) is 31.9 Å². The predicted molar refractivity (Wildman–Crippen MR) is 71.5 cm³/mol. The fraction of sp³-hybridized carbons (Fsp3) is 0.538. The van der Waals surface area contributed by atoms with Gasteiger partial charge >= 0.3 is 0 Å². The molecule has 0 aliphatic rings. The fourth-order valence-electron chi connectivity index (χ4n) is 1.54. The average molecular weight is 272 g/mol. The molecule has 0 saturated carbocycles. The normalized spacial score (nSPS) is 13.3. The molecule has 0 unspecified atom stereocenters. The van der Waals surface area contributed by atoms with Crippen molar-refractivity contribution < 1.29 is 18.3 Å². The van der Waals surface area contributed by atoms with E-state index in [4.69, 9.17) is 4.74 Å². The van der Waals surface area contributed by atoms with Crippen LogP contribution in [0.2, 0.25) is 0 Å². The topological polar surface area (TPSA) is 63.6 Å². The summed E-state index contributed by atoms with van der Waals surface area (Å²) in [6.07, 6.45) is 0.120. The molecule has 0 aromatic heterocycles. The van der Waals surface area contributed by atoms with E-state index < -0.39 is 15.9 Å². The molecule has 102 valence electrons. The van der Waals surface area contributed by atoms with Gasteiger partial charge in [-0.3, -0.25) is 0 Å². The Labute approximate surface area is 109 Å². The molecule has 0 heterocycles. The van der Waals surface area contributed by atoms with E-state index in [0.29, 0.717) is 12.2 Å². The van der Waals surface area contributed by atoms with E-state index in [0.717, 1.165) is 5.56 Å². The molecule has 0 spiro atoms. The van der Waals surface area contributed by atoms with E-state index in [1.807, 2.05) is 6.92 Å². The van der Waals surface area contributed by atoms with Gasteiger partial charge in [-0.05, 0) is 31.0 Å². The van der Waals surface area contributed by atoms with Gasteiger partial charge in [0, 0.05) is 0 Å². The van der Waals surface area contributed by atoms with Gasteiger partial charge in [-0.15, -0.1) is 0 Å². The van der Waals surface area contributed by atoms with Gasteiger partial charge in [-0.25, -0.2) is 8.42 Å². The zero-order valence-electron chi connectivity index (χ0n) is 10.8. The zero-order valence-corrected chi connectivity index (χ0v) is 11.6. The number of ether oxygens (including phenoxy) is 1. The SMILES string of the molecule is CCCS(=O)(=O)CCOc1ccc([C@@H](C)O)cc1. The lowest BCUT2D eigenvalue weighted by Gasteiger charge is -2.08. The van der Waals surface area contributed by atoms with Crippen molar-refractivity contribution in [3.8, 4) is 5.75 Å². The van der Waals surface area contributed by atoms with E-state index in [-0.39, 0.29) is 18.1 Å². The second-order valence-corrected chi connectivity index (χ2v) is 6.55. The Kier molecular flexibility index (Phi) is 5.62. The highest BCUT2D eigenvalue weighted by Gasteiger charge is 2.09. The van der Waals surface area contributed by atoms with Crippen molar-refractivity contribution in [2.75, 3.05) is 18.1 Å². The minimum Gasteiger partial charge on any atom is -0.493 e. The van der Waals surface area contributed by atoms with Crippen LogP contribution in [0.25, 0.3) is 0 Å². The van der Waals surface area contributed by atoms with Crippen molar-refractivity contribution in [3.05, 3.63) is 29.8 Å². The number of aliphatic hydroxyl groups is 1. The Hall–Kier alpha value is -1.07. The van der Waals surface area contributed by atoms with Crippen LogP contribution in [0.5, 0.6) is 5.75 Å². The van der Waals surface area contributed by atoms with Gasteiger partial charge in [-0.1, -0.05) is 19.1 Å². The van der Waals surface area contributed by atoms with Crippen LogP contribution < -0.4 is 4.74 Å². The zero-order chi connectivity index (χ0) is 13.6. The van der Waals surface area contributed by atoms with Gasteiger partial charge in [0.2, 0.25) is 0 Å². The second kappa shape index (κ2) is 6.75. The number of rotatable bonds is 7. The minimum atomic E-state index is -2.99. The van der Waals surface area contributed by atoms with Crippen LogP contribution in [-0.2, 0) is 9.84 Å². The van der Waals surface area contributed by atoms with Crippen molar-refractivity contribution >= 4 is 9.84 Å². The second-order valence-electron chi connectivity index (χ2n) is 4.25. The summed E-state index contributed by atoms with van der Waals surface area (Å²) < 4.78 is 28.3. The van der Waals surface area contributed by atoms with E-state index in [1.54, 1.807) is 31.2 Å². The summed E-state index contributed by atoms with van der Waals surface area (Å²) in [6.45, 7) is 3.69. The first-order valence-corrected chi connectivity index (χ1v) is 7.88. The molecule has 5 heteroatoms. The van der Waals surface area contributed by atoms with E-state index in [1.165, 1.54) is 0 Å². The summed E-state index contributed by atoms with van der Waals surface area (Å²) in [6, 6.07) is 6.99. The van der Waals surface area contributed by atoms with Crippen molar-refractivity contribution in [2.45, 2.75) is 26.4 Å². The standard InChI is InChI=1S/C13H20O4S/c1-3-9-18(15,16)10-8-17-13-6-4-12(5-7-13)11(2)14/h4-7,11,14H,3,8-10H2,1-2H3/t11-/m1/s1. The van der Waals surface area contributed by atoms with Crippen molar-refractivity contribution in [1.29, 1.82) is 0 Å². The van der Waals surface area contributed by atoms with Gasteiger partial charge in [0.1, 0.15) is 12.4 Å². The number of benzene rings is 1. The third kappa shape index (κ3) is 5.06. The maximum Gasteiger partial charge on any atom is 0.153 e. The lowest BCUT2D eigenvalue weighted by molar-refractivity contribution is 0.199. The Bertz CT molecular complexity index is 448. The summed E-state index contributed by atoms with van der Waals surface area (Å²) in [5.74, 6) is 0.863. The number of hydrogen-bond acceptors (Lipinski definition) is 4. The molecular weight excluding hydrogens is 252 g/mol. The minimum absolute atomic E-state index is 0.0407. The maximum atomic E-state index is 11.5. The highest BCUT2D eigenvalue weighted by atomic mass is 32.2. The van der Waals surface area contributed by atoms with Gasteiger partial charge in [0.05, 0.1) is 17.6 Å². The third-order valence-corrected chi connectivity index (χ3v) is 4.36. The highest BCUT2D eigenvalue weighted by molar-refractivity contribution is 7.91. The van der Waals surface area contributed by atoms with Crippen LogP contribution in [-0.4, -0.2) is 31.6 Å². The monoisotopic (exact) mass is 272 g/mol. The molecule has 0 bridgehead atoms. The molecule has 1 rings (SSSR count). The Morgan fingerprint density at radius 2 is 1.83 bits per heavy atom. The highest BCUT2D eigenvalue weighted by Crippen LogP contribution is 2.17. The van der Waals surface area contributed by atoms with Crippen LogP contribution in [0.15, 0.2) is 24.3 Å². The Balaban J connectivity index is 2.45. The van der Waals surface area contributed by atoms with Gasteiger partial charge < -0.3 is 9.84 Å². The van der Waals surface area contributed by atoms with Crippen LogP contribution in [0.4, 0.5) is 0 Å². The lowest BCUT2D eigenvalue weighted by atomic mass is 10.1. The van der Waals surface area contributed by atoms with Crippen molar-refractivity contribution in [3.63, 3.8) is 0 Å². The molecule has 1 atom stereocenters. The summed E-state index contributed by atoms with van der Waals surface area (Å²) in [4.78, 5) is 0. The quantitative estimate of drug-likeness (QED) is 0.824. The number of aliphatic hydroxyl groups excluding tert-OH is 1. The summed E-state index contributed by atoms with van der Waals surface area (Å²) >= 11 is 0. The molecule has 0 amide bonds. The maximum absolute atomic E-state index is 11.5. The summed E-state index contributed by atoms with van der Waals surface area (Å²) in [7, 11) is -2.99. The molecule has 0 fully saturated rings. The largest absolute Gasteiger partial charge is 0.493 e. The first kappa shape index (κ1) is 15.0. The molecule has 0 aliphatic heterocycles. The van der Waals surface area contributed by atoms with E-state index in [9.17, 15) is 13.5 Å². The number of hydrogen-bond donors (Lipinski definition) is 1. The van der Waals surface area contributed by atoms with Gasteiger partial charge in [0.15, 0.2) is 9.84 Å². The van der Waals surface area contributed by atoms with Crippen LogP contribution >= 0.6 is 0 Å². The fourth-order valence-corrected chi connectivity index (χ4v) is 2.71. The first-order chi connectivity index (χ1) is 8.44. The van der Waals surface area contributed by atoms with Crippen molar-refractivity contribution in [1.82, 2.24) is 0 Å². The lowest BCUT2D eigenvalue weighted by Crippen LogP contribution is -2.16. The number of sulfone groups is 1. The molecule has 1 N–H and O–H groups in total. The van der Waals surface area contributed by atoms with Crippen LogP contribution in [0.3, 0.4) is 0 Å². The van der Waals surface area contributed by atoms with E-state index in [2.05, 4.69) is 0 Å². The molecular formula is C13H20O4S. The van der Waals surface area contributed by atoms with Crippen molar-refractivity contribution in [2.24, 2.45) is 0 Å². The van der Waals surface area contributed by atoms with E-state index >= 15 is 0 Å². The smallest absolute Gasteiger partial charge is 0.153 e. The van der Waals surface area contributed by atoms with Gasteiger partial charge in [-0.2, -0.15) is 0 Å². The first-order valence-electron chi connectivity index (χ1n) is 6.06. The molecule has 1 aromatic carbocycles. The third-order valence-electron chi connectivity index (χ3n) is 2.54. The van der Waals surface area contributed by atoms with Crippen LogP contribution in [0, 0.1) is 0 Å². The summed E-state index contributed by atoms with van der Waals surface area (Å²) in [5.41, 5.74) is 0.806. The van der Waals surface area contributed by atoms with Gasteiger partial charge in [0.25, 0.3) is 0 Å². The molecule has 1 aromatic rings. The predicted octanol–water partition coefficient (Wildman–Crippen LogP) is 1.94.